The van der Waals surface area contributed by atoms with Crippen LogP contribution in [0.15, 0.2) is 4.99 Å². The molecule has 1 aliphatic rings. The van der Waals surface area contributed by atoms with E-state index in [1.807, 2.05) is 6.34 Å². The molecular formula is C5H11N2Na. The van der Waals surface area contributed by atoms with E-state index in [4.69, 9.17) is 0 Å². The Labute approximate surface area is 73.7 Å². The minimum atomic E-state index is 0. The van der Waals surface area contributed by atoms with Gasteiger partial charge in [-0.05, 0) is 6.92 Å². The van der Waals surface area contributed by atoms with Crippen LogP contribution in [0.1, 0.15) is 8.35 Å². The van der Waals surface area contributed by atoms with Gasteiger partial charge in [0.2, 0.25) is 0 Å². The summed E-state index contributed by atoms with van der Waals surface area (Å²) in [5.41, 5.74) is 0. The summed E-state index contributed by atoms with van der Waals surface area (Å²) in [6.07, 6.45) is 1.92. The van der Waals surface area contributed by atoms with Crippen LogP contribution in [0.3, 0.4) is 0 Å². The van der Waals surface area contributed by atoms with Crippen LogP contribution < -0.4 is 29.6 Å². The molecule has 0 saturated heterocycles. The fraction of sp³-hybridized carbons (Fsp3) is 0.800. The molecule has 0 atom stereocenters. The molecule has 8 heavy (non-hydrogen) atoms. The third-order valence-corrected chi connectivity index (χ3v) is 1.17. The van der Waals surface area contributed by atoms with E-state index in [0.29, 0.717) is 0 Å². The molecule has 0 spiro atoms. The van der Waals surface area contributed by atoms with Crippen LogP contribution in [0.5, 0.6) is 0 Å². The minimum absolute atomic E-state index is 0. The number of aliphatic imine (C=N–C) groups is 1. The smallest absolute Gasteiger partial charge is 1.00 e. The molecule has 0 amide bonds. The van der Waals surface area contributed by atoms with Crippen molar-refractivity contribution in [2.24, 2.45) is 4.99 Å². The van der Waals surface area contributed by atoms with Crippen LogP contribution >= 0.6 is 0 Å². The van der Waals surface area contributed by atoms with Crippen molar-refractivity contribution in [3.8, 4) is 0 Å². The number of hydrogen-bond acceptors (Lipinski definition) is 2. The first-order valence-electron chi connectivity index (χ1n) is 2.67. The first-order valence-corrected chi connectivity index (χ1v) is 2.67. The zero-order valence-corrected chi connectivity index (χ0v) is 7.59. The monoisotopic (exact) mass is 122 g/mol. The molecular weight excluding hydrogens is 111 g/mol. The first-order chi connectivity index (χ1) is 3.43. The topological polar surface area (TPSA) is 15.6 Å². The summed E-state index contributed by atoms with van der Waals surface area (Å²) in [4.78, 5) is 6.23. The van der Waals surface area contributed by atoms with E-state index >= 15 is 0 Å². The van der Waals surface area contributed by atoms with Gasteiger partial charge >= 0.3 is 29.6 Å². The van der Waals surface area contributed by atoms with Gasteiger partial charge < -0.3 is 6.33 Å². The van der Waals surface area contributed by atoms with Crippen molar-refractivity contribution < 1.29 is 31.0 Å². The van der Waals surface area contributed by atoms with Crippen LogP contribution in [0.2, 0.25) is 0 Å². The molecule has 0 saturated carbocycles. The summed E-state index contributed by atoms with van der Waals surface area (Å²) < 4.78 is 0. The SMILES string of the molecule is CCN1C=NCC1.[H-].[Na+]. The van der Waals surface area contributed by atoms with Gasteiger partial charge in [0.25, 0.3) is 0 Å². The summed E-state index contributed by atoms with van der Waals surface area (Å²) in [7, 11) is 0. The number of likely N-dealkylation sites (N-methyl/N-ethyl adjacent to an activating group) is 1. The standard InChI is InChI=1S/C5H10N2.Na.H/c1-2-7-4-3-6-5-7;;/h5H,2-4H2,1H3;;/q;+1;-1. The molecule has 0 aromatic rings. The average Bonchev–Trinajstić information content (AvgIpc) is 2.14. The summed E-state index contributed by atoms with van der Waals surface area (Å²) in [5, 5.41) is 0. The molecule has 1 aliphatic heterocycles. The molecule has 0 N–H and O–H groups in total. The fourth-order valence-corrected chi connectivity index (χ4v) is 0.657. The van der Waals surface area contributed by atoms with Crippen LogP contribution in [0.25, 0.3) is 0 Å². The molecule has 2 nitrogen and oxygen atoms in total. The largest absolute Gasteiger partial charge is 1.00 e. The van der Waals surface area contributed by atoms with E-state index in [-0.39, 0.29) is 31.0 Å². The third-order valence-electron chi connectivity index (χ3n) is 1.17. The molecule has 0 aromatic heterocycles. The zero-order valence-electron chi connectivity index (χ0n) is 6.59. The van der Waals surface area contributed by atoms with Crippen LogP contribution in [0.4, 0.5) is 0 Å². The Morgan fingerprint density at radius 3 is 2.88 bits per heavy atom. The summed E-state index contributed by atoms with van der Waals surface area (Å²) in [5.74, 6) is 0. The van der Waals surface area contributed by atoms with Gasteiger partial charge in [0.15, 0.2) is 0 Å². The van der Waals surface area contributed by atoms with E-state index in [1.165, 1.54) is 0 Å². The number of hydrogen-bond donors (Lipinski definition) is 0. The van der Waals surface area contributed by atoms with Crippen LogP contribution in [-0.4, -0.2) is 30.9 Å². The maximum Gasteiger partial charge on any atom is 1.00 e. The summed E-state index contributed by atoms with van der Waals surface area (Å²) in [6.45, 7) is 5.35. The van der Waals surface area contributed by atoms with Crippen molar-refractivity contribution in [2.75, 3.05) is 19.6 Å². The fourth-order valence-electron chi connectivity index (χ4n) is 0.657. The van der Waals surface area contributed by atoms with E-state index in [1.54, 1.807) is 0 Å². The molecule has 0 bridgehead atoms. The molecule has 0 radical (unpaired) electrons. The molecule has 0 aliphatic carbocycles. The summed E-state index contributed by atoms with van der Waals surface area (Å²) in [6, 6.07) is 0. The quantitative estimate of drug-likeness (QED) is 0.350. The Balaban J connectivity index is 0. The van der Waals surface area contributed by atoms with Crippen molar-refractivity contribution in [1.82, 2.24) is 4.90 Å². The Morgan fingerprint density at radius 1 is 1.88 bits per heavy atom. The van der Waals surface area contributed by atoms with Crippen molar-refractivity contribution >= 4 is 6.34 Å². The minimum Gasteiger partial charge on any atom is -1.00 e. The Kier molecular flexibility index (Phi) is 4.61. The van der Waals surface area contributed by atoms with Gasteiger partial charge in [-0.25, -0.2) is 0 Å². The van der Waals surface area contributed by atoms with Gasteiger partial charge in [-0.3, -0.25) is 4.99 Å². The predicted octanol–water partition coefficient (Wildman–Crippen LogP) is -2.53. The van der Waals surface area contributed by atoms with Gasteiger partial charge in [-0.1, -0.05) is 0 Å². The maximum absolute atomic E-state index is 4.04. The van der Waals surface area contributed by atoms with E-state index in [0.717, 1.165) is 19.6 Å². The number of rotatable bonds is 1. The predicted molar refractivity (Wildman–Crippen MR) is 31.7 cm³/mol. The molecule has 1 rings (SSSR count). The molecule has 0 unspecified atom stereocenters. The Hall–Kier alpha value is 0.470. The van der Waals surface area contributed by atoms with Crippen molar-refractivity contribution in [1.29, 1.82) is 0 Å². The van der Waals surface area contributed by atoms with E-state index < -0.39 is 0 Å². The zero-order chi connectivity index (χ0) is 5.11. The van der Waals surface area contributed by atoms with Gasteiger partial charge in [-0.15, -0.1) is 0 Å². The van der Waals surface area contributed by atoms with Gasteiger partial charge in [0.05, 0.1) is 12.9 Å². The Morgan fingerprint density at radius 2 is 2.62 bits per heavy atom. The van der Waals surface area contributed by atoms with Crippen LogP contribution in [0, 0.1) is 0 Å². The average molecular weight is 122 g/mol. The normalized spacial score (nSPS) is 16.4. The Bertz CT molecular complexity index is 87.0. The van der Waals surface area contributed by atoms with Gasteiger partial charge in [0, 0.05) is 13.1 Å². The van der Waals surface area contributed by atoms with Crippen molar-refractivity contribution in [3.05, 3.63) is 0 Å². The second-order valence-corrected chi connectivity index (χ2v) is 1.65. The van der Waals surface area contributed by atoms with Crippen molar-refractivity contribution in [3.63, 3.8) is 0 Å². The van der Waals surface area contributed by atoms with E-state index in [9.17, 15) is 0 Å². The second kappa shape index (κ2) is 4.36. The van der Waals surface area contributed by atoms with Gasteiger partial charge in [0.1, 0.15) is 0 Å². The first kappa shape index (κ1) is 8.47. The van der Waals surface area contributed by atoms with Crippen molar-refractivity contribution in [2.45, 2.75) is 6.92 Å². The molecule has 3 heteroatoms. The maximum atomic E-state index is 4.04. The van der Waals surface area contributed by atoms with Gasteiger partial charge in [-0.2, -0.15) is 0 Å². The summed E-state index contributed by atoms with van der Waals surface area (Å²) >= 11 is 0. The molecule has 0 aromatic carbocycles. The number of nitrogens with zero attached hydrogens (tertiary/aromatic N) is 2. The van der Waals surface area contributed by atoms with Crippen LogP contribution in [-0.2, 0) is 0 Å². The third kappa shape index (κ3) is 2.16. The molecule has 1 heterocycles. The molecule has 42 valence electrons. The molecule has 0 fully saturated rings. The second-order valence-electron chi connectivity index (χ2n) is 1.65. The van der Waals surface area contributed by atoms with E-state index in [2.05, 4.69) is 16.8 Å².